The second-order valence-corrected chi connectivity index (χ2v) is 5.34. The first kappa shape index (κ1) is 10.1. The molecule has 0 spiro atoms. The van der Waals surface area contributed by atoms with Gasteiger partial charge in [-0.15, -0.1) is 0 Å². The molecule has 0 N–H and O–H groups in total. The van der Waals surface area contributed by atoms with E-state index >= 15 is 0 Å². The highest BCUT2D eigenvalue weighted by Crippen LogP contribution is 2.14. The van der Waals surface area contributed by atoms with Crippen molar-refractivity contribution in [1.82, 2.24) is 4.74 Å². The molecule has 0 aromatic heterocycles. The van der Waals surface area contributed by atoms with Crippen LogP contribution in [0.1, 0.15) is 13.8 Å². The van der Waals surface area contributed by atoms with E-state index in [4.69, 9.17) is 0 Å². The molecule has 0 bridgehead atoms. The van der Waals surface area contributed by atoms with Crippen LogP contribution >= 0.6 is 31.9 Å². The van der Waals surface area contributed by atoms with Gasteiger partial charge >= 0.3 is 0 Å². The fourth-order valence-electron chi connectivity index (χ4n) is 1.42. The van der Waals surface area contributed by atoms with Crippen LogP contribution in [0.15, 0.2) is 26.1 Å². The first-order valence-electron chi connectivity index (χ1n) is 4.12. The Hall–Kier alpha value is -0.420. The second kappa shape index (κ2) is 3.03. The predicted octanol–water partition coefficient (Wildman–Crippen LogP) is 1.57. The molecule has 0 aliphatic carbocycles. The maximum atomic E-state index is 11.9. The Labute approximate surface area is 98.0 Å². The average Bonchev–Trinajstić information content (AvgIpc) is 2.33. The lowest BCUT2D eigenvalue weighted by Gasteiger charge is -2.14. The van der Waals surface area contributed by atoms with Crippen LogP contribution in [0.4, 0.5) is 0 Å². The predicted molar refractivity (Wildman–Crippen MR) is 61.3 cm³/mol. The van der Waals surface area contributed by atoms with Crippen LogP contribution in [0.2, 0.25) is 0 Å². The van der Waals surface area contributed by atoms with E-state index < -0.39 is 5.66 Å². The van der Waals surface area contributed by atoms with E-state index in [9.17, 15) is 5.21 Å². The summed E-state index contributed by atoms with van der Waals surface area (Å²) in [7, 11) is 0. The summed E-state index contributed by atoms with van der Waals surface area (Å²) in [6.07, 6.45) is 0. The van der Waals surface area contributed by atoms with Crippen LogP contribution < -0.4 is 15.5 Å². The number of hydroxylamine groups is 1. The molecule has 0 saturated heterocycles. The summed E-state index contributed by atoms with van der Waals surface area (Å²) in [5, 5.41) is 13.2. The summed E-state index contributed by atoms with van der Waals surface area (Å²) in [5.74, 6) is 0. The summed E-state index contributed by atoms with van der Waals surface area (Å²) in [4.78, 5) is 4.36. The number of nitrogens with zero attached hydrogens (tertiary/aromatic N) is 2. The molecule has 0 radical (unpaired) electrons. The van der Waals surface area contributed by atoms with E-state index in [1.165, 1.54) is 0 Å². The van der Waals surface area contributed by atoms with Crippen LogP contribution in [0.5, 0.6) is 0 Å². The van der Waals surface area contributed by atoms with Crippen molar-refractivity contribution in [3.05, 3.63) is 37.0 Å². The van der Waals surface area contributed by atoms with Gasteiger partial charge in [0.1, 0.15) is 0 Å². The Kier molecular flexibility index (Phi) is 2.19. The third-order valence-electron chi connectivity index (χ3n) is 2.14. The minimum atomic E-state index is -0.714. The standard InChI is InChI=1S/C9H8Br2N2O/c1-9(2)12-7-5(10)3-4-6(11)8(7)13(9)14/h3-4H,1-2H3. The Bertz CT molecular complexity index is 522. The van der Waals surface area contributed by atoms with E-state index in [1.54, 1.807) is 13.8 Å². The topological polar surface area (TPSA) is 38.4 Å². The summed E-state index contributed by atoms with van der Waals surface area (Å²) in [5.41, 5.74) is -0.714. The van der Waals surface area contributed by atoms with Crippen LogP contribution in [0.25, 0.3) is 0 Å². The lowest BCUT2D eigenvalue weighted by atomic mass is 10.3. The van der Waals surface area contributed by atoms with E-state index in [-0.39, 0.29) is 0 Å². The highest BCUT2D eigenvalue weighted by Gasteiger charge is 2.32. The number of benzene rings is 1. The van der Waals surface area contributed by atoms with E-state index in [1.807, 2.05) is 12.1 Å². The molecule has 0 fully saturated rings. The number of halogens is 2. The second-order valence-electron chi connectivity index (χ2n) is 3.63. The zero-order valence-corrected chi connectivity index (χ0v) is 10.9. The first-order chi connectivity index (χ1) is 6.43. The van der Waals surface area contributed by atoms with Crippen molar-refractivity contribution >= 4 is 31.9 Å². The van der Waals surface area contributed by atoms with Gasteiger partial charge in [0.15, 0.2) is 5.36 Å². The minimum absolute atomic E-state index is 0.601. The molecule has 1 aliphatic rings. The quantitative estimate of drug-likeness (QED) is 0.528. The van der Waals surface area contributed by atoms with Gasteiger partial charge in [-0.25, -0.2) is 4.99 Å². The van der Waals surface area contributed by atoms with Gasteiger partial charge in [-0.1, -0.05) is 0 Å². The van der Waals surface area contributed by atoms with Crippen molar-refractivity contribution < 1.29 is 0 Å². The van der Waals surface area contributed by atoms with Gasteiger partial charge < -0.3 is 5.21 Å². The lowest BCUT2D eigenvalue weighted by molar-refractivity contribution is 0.416. The summed E-state index contributed by atoms with van der Waals surface area (Å²) < 4.78 is 2.55. The van der Waals surface area contributed by atoms with Gasteiger partial charge in [0.2, 0.25) is 0 Å². The third-order valence-corrected chi connectivity index (χ3v) is 3.42. The zero-order valence-electron chi connectivity index (χ0n) is 7.71. The van der Waals surface area contributed by atoms with Gasteiger partial charge in [-0.3, -0.25) is 0 Å². The molecular weight excluding hydrogens is 312 g/mol. The molecule has 1 aromatic rings. The smallest absolute Gasteiger partial charge is 0.260 e. The van der Waals surface area contributed by atoms with Crippen molar-refractivity contribution in [2.75, 3.05) is 0 Å². The third kappa shape index (κ3) is 1.30. The molecular formula is C9H8Br2N2O. The zero-order chi connectivity index (χ0) is 10.5. The molecule has 74 valence electrons. The number of fused-ring (bicyclic) bond motifs is 1. The van der Waals surface area contributed by atoms with Crippen LogP contribution in [0, 0.1) is 5.21 Å². The van der Waals surface area contributed by atoms with Crippen molar-refractivity contribution in [3.63, 3.8) is 0 Å². The fraction of sp³-hybridized carbons (Fsp3) is 0.333. The molecule has 1 aliphatic heterocycles. The molecule has 14 heavy (non-hydrogen) atoms. The highest BCUT2D eigenvalue weighted by molar-refractivity contribution is 9.11. The Balaban J connectivity index is 3.01. The monoisotopic (exact) mass is 318 g/mol. The van der Waals surface area contributed by atoms with E-state index in [0.717, 1.165) is 19.0 Å². The molecule has 0 unspecified atom stereocenters. The first-order valence-corrected chi connectivity index (χ1v) is 5.70. The summed E-state index contributed by atoms with van der Waals surface area (Å²) in [6.45, 7) is 3.58. The molecule has 1 aromatic carbocycles. The van der Waals surface area contributed by atoms with Crippen LogP contribution in [-0.4, -0.2) is 5.66 Å². The van der Waals surface area contributed by atoms with Crippen molar-refractivity contribution in [2.45, 2.75) is 19.5 Å². The van der Waals surface area contributed by atoms with Crippen molar-refractivity contribution in [3.8, 4) is 0 Å². The van der Waals surface area contributed by atoms with Gasteiger partial charge in [0.05, 0.1) is 4.47 Å². The molecule has 0 atom stereocenters. The SMILES string of the molecule is CC1(C)N=c2c(Br)ccc(Br)c2=[N+]1[O-]. The average molecular weight is 320 g/mol. The lowest BCUT2D eigenvalue weighted by Crippen LogP contribution is -2.39. The Morgan fingerprint density at radius 1 is 1.29 bits per heavy atom. The summed E-state index contributed by atoms with van der Waals surface area (Å²) in [6, 6.07) is 3.71. The van der Waals surface area contributed by atoms with E-state index in [0.29, 0.717) is 5.36 Å². The largest absolute Gasteiger partial charge is 0.621 e. The number of rotatable bonds is 0. The minimum Gasteiger partial charge on any atom is -0.621 e. The highest BCUT2D eigenvalue weighted by atomic mass is 79.9. The van der Waals surface area contributed by atoms with Crippen LogP contribution in [-0.2, 0) is 0 Å². The van der Waals surface area contributed by atoms with Gasteiger partial charge in [-0.2, -0.15) is 4.74 Å². The number of hydrogen-bond acceptors (Lipinski definition) is 2. The molecule has 5 heteroatoms. The van der Waals surface area contributed by atoms with Crippen molar-refractivity contribution in [2.24, 2.45) is 4.99 Å². The molecule has 1 heterocycles. The van der Waals surface area contributed by atoms with E-state index in [2.05, 4.69) is 36.9 Å². The fourth-order valence-corrected chi connectivity index (χ4v) is 2.31. The Morgan fingerprint density at radius 3 is 2.43 bits per heavy atom. The number of hydrogen-bond donors (Lipinski definition) is 0. The van der Waals surface area contributed by atoms with Gasteiger partial charge in [-0.05, 0) is 44.0 Å². The van der Waals surface area contributed by atoms with Gasteiger partial charge in [0, 0.05) is 18.3 Å². The molecule has 2 rings (SSSR count). The van der Waals surface area contributed by atoms with Crippen LogP contribution in [0.3, 0.4) is 0 Å². The van der Waals surface area contributed by atoms with Crippen molar-refractivity contribution in [1.29, 1.82) is 0 Å². The molecule has 0 saturated carbocycles. The normalized spacial score (nSPS) is 17.9. The summed E-state index contributed by atoms with van der Waals surface area (Å²) >= 11 is 6.73. The Morgan fingerprint density at radius 2 is 1.86 bits per heavy atom. The maximum Gasteiger partial charge on any atom is 0.260 e. The van der Waals surface area contributed by atoms with Gasteiger partial charge in [0.25, 0.3) is 11.0 Å². The molecule has 0 amide bonds. The molecule has 3 nitrogen and oxygen atoms in total. The maximum absolute atomic E-state index is 11.9.